The zero-order chi connectivity index (χ0) is 12.9. The summed E-state index contributed by atoms with van der Waals surface area (Å²) in [4.78, 5) is 2.37. The molecule has 102 valence electrons. The SMILES string of the molecule is COCCC(C)C(NN)C1(N(C)C)CCCC1. The third-order valence-corrected chi connectivity index (χ3v) is 4.46. The van der Waals surface area contributed by atoms with Gasteiger partial charge >= 0.3 is 0 Å². The molecule has 1 fully saturated rings. The van der Waals surface area contributed by atoms with Crippen LogP contribution in [0.25, 0.3) is 0 Å². The highest BCUT2D eigenvalue weighted by atomic mass is 16.5. The van der Waals surface area contributed by atoms with Gasteiger partial charge in [-0.25, -0.2) is 0 Å². The second kappa shape index (κ2) is 6.69. The van der Waals surface area contributed by atoms with Crippen LogP contribution in [-0.2, 0) is 4.74 Å². The van der Waals surface area contributed by atoms with Gasteiger partial charge in [0.25, 0.3) is 0 Å². The van der Waals surface area contributed by atoms with Crippen molar-refractivity contribution < 1.29 is 4.74 Å². The van der Waals surface area contributed by atoms with E-state index >= 15 is 0 Å². The summed E-state index contributed by atoms with van der Waals surface area (Å²) >= 11 is 0. The van der Waals surface area contributed by atoms with Gasteiger partial charge in [-0.05, 0) is 39.3 Å². The smallest absolute Gasteiger partial charge is 0.0465 e. The molecule has 4 nitrogen and oxygen atoms in total. The summed E-state index contributed by atoms with van der Waals surface area (Å²) in [5.74, 6) is 6.36. The van der Waals surface area contributed by atoms with Crippen LogP contribution in [0, 0.1) is 5.92 Å². The largest absolute Gasteiger partial charge is 0.385 e. The van der Waals surface area contributed by atoms with E-state index in [-0.39, 0.29) is 5.54 Å². The molecule has 0 aromatic heterocycles. The number of methoxy groups -OCH3 is 1. The molecule has 2 atom stereocenters. The zero-order valence-corrected chi connectivity index (χ0v) is 11.8. The highest BCUT2D eigenvalue weighted by molar-refractivity contribution is 5.03. The van der Waals surface area contributed by atoms with Crippen LogP contribution in [0.5, 0.6) is 0 Å². The standard InChI is InChI=1S/C13H29N3O/c1-11(7-10-17-4)12(15-14)13(16(2)3)8-5-6-9-13/h11-12,15H,5-10,14H2,1-4H3. The van der Waals surface area contributed by atoms with E-state index in [1.807, 2.05) is 0 Å². The molecule has 0 spiro atoms. The van der Waals surface area contributed by atoms with E-state index in [0.717, 1.165) is 13.0 Å². The van der Waals surface area contributed by atoms with Gasteiger partial charge in [-0.3, -0.25) is 11.3 Å². The Hall–Kier alpha value is -0.160. The summed E-state index contributed by atoms with van der Waals surface area (Å²) < 4.78 is 5.18. The molecule has 0 aromatic carbocycles. The molecule has 0 radical (unpaired) electrons. The first kappa shape index (κ1) is 14.9. The van der Waals surface area contributed by atoms with Crippen molar-refractivity contribution in [3.05, 3.63) is 0 Å². The minimum absolute atomic E-state index is 0.224. The Morgan fingerprint density at radius 2 is 1.94 bits per heavy atom. The second-order valence-electron chi connectivity index (χ2n) is 5.61. The molecule has 17 heavy (non-hydrogen) atoms. The summed E-state index contributed by atoms with van der Waals surface area (Å²) in [7, 11) is 6.12. The number of rotatable bonds is 7. The fourth-order valence-corrected chi connectivity index (χ4v) is 3.34. The third kappa shape index (κ3) is 3.19. The fraction of sp³-hybridized carbons (Fsp3) is 1.00. The van der Waals surface area contributed by atoms with Crippen molar-refractivity contribution in [2.75, 3.05) is 27.8 Å². The predicted octanol–water partition coefficient (Wildman–Crippen LogP) is 1.37. The lowest BCUT2D eigenvalue weighted by atomic mass is 9.79. The van der Waals surface area contributed by atoms with E-state index in [1.165, 1.54) is 25.7 Å². The van der Waals surface area contributed by atoms with E-state index in [2.05, 4.69) is 31.3 Å². The van der Waals surface area contributed by atoms with Gasteiger partial charge in [0.2, 0.25) is 0 Å². The number of hydrogen-bond donors (Lipinski definition) is 2. The Balaban J connectivity index is 2.75. The number of hydrogen-bond acceptors (Lipinski definition) is 4. The Bertz CT molecular complexity index is 215. The molecule has 0 bridgehead atoms. The number of hydrazine groups is 1. The van der Waals surface area contributed by atoms with E-state index < -0.39 is 0 Å². The van der Waals surface area contributed by atoms with Crippen molar-refractivity contribution in [2.45, 2.75) is 50.6 Å². The molecule has 3 N–H and O–H groups in total. The van der Waals surface area contributed by atoms with E-state index in [0.29, 0.717) is 12.0 Å². The highest BCUT2D eigenvalue weighted by Crippen LogP contribution is 2.39. The summed E-state index contributed by atoms with van der Waals surface area (Å²) in [5, 5.41) is 0. The van der Waals surface area contributed by atoms with Crippen LogP contribution in [-0.4, -0.2) is 44.3 Å². The fourth-order valence-electron chi connectivity index (χ4n) is 3.34. The summed E-state index contributed by atoms with van der Waals surface area (Å²) in [6.07, 6.45) is 6.17. The molecular formula is C13H29N3O. The Morgan fingerprint density at radius 1 is 1.35 bits per heavy atom. The predicted molar refractivity (Wildman–Crippen MR) is 71.7 cm³/mol. The molecule has 2 unspecified atom stereocenters. The normalized spacial score (nSPS) is 22.9. The van der Waals surface area contributed by atoms with Gasteiger partial charge in [-0.1, -0.05) is 19.8 Å². The average Bonchev–Trinajstić information content (AvgIpc) is 2.77. The quantitative estimate of drug-likeness (QED) is 0.524. The molecule has 1 aliphatic rings. The van der Waals surface area contributed by atoms with Gasteiger partial charge < -0.3 is 9.64 Å². The monoisotopic (exact) mass is 243 g/mol. The Kier molecular flexibility index (Phi) is 5.86. The lowest BCUT2D eigenvalue weighted by Gasteiger charge is -2.45. The molecule has 4 heteroatoms. The van der Waals surface area contributed by atoms with Crippen molar-refractivity contribution in [1.29, 1.82) is 0 Å². The van der Waals surface area contributed by atoms with Crippen LogP contribution in [0.1, 0.15) is 39.0 Å². The van der Waals surface area contributed by atoms with E-state index in [9.17, 15) is 0 Å². The lowest BCUT2D eigenvalue weighted by Crippen LogP contribution is -2.61. The number of nitrogens with zero attached hydrogens (tertiary/aromatic N) is 1. The van der Waals surface area contributed by atoms with Crippen LogP contribution in [0.15, 0.2) is 0 Å². The number of ether oxygens (including phenoxy) is 1. The maximum Gasteiger partial charge on any atom is 0.0465 e. The first-order chi connectivity index (χ1) is 8.08. The van der Waals surface area contributed by atoms with Crippen molar-refractivity contribution in [2.24, 2.45) is 11.8 Å². The number of likely N-dealkylation sites (N-methyl/N-ethyl adjacent to an activating group) is 1. The van der Waals surface area contributed by atoms with Gasteiger partial charge in [0, 0.05) is 25.3 Å². The zero-order valence-electron chi connectivity index (χ0n) is 11.8. The van der Waals surface area contributed by atoms with Crippen molar-refractivity contribution >= 4 is 0 Å². The molecule has 0 aliphatic heterocycles. The number of nitrogens with two attached hydrogens (primary N) is 1. The van der Waals surface area contributed by atoms with Crippen LogP contribution >= 0.6 is 0 Å². The molecular weight excluding hydrogens is 214 g/mol. The molecule has 1 saturated carbocycles. The third-order valence-electron chi connectivity index (χ3n) is 4.46. The van der Waals surface area contributed by atoms with Crippen LogP contribution < -0.4 is 11.3 Å². The first-order valence-electron chi connectivity index (χ1n) is 6.71. The molecule has 0 saturated heterocycles. The maximum atomic E-state index is 5.83. The average molecular weight is 243 g/mol. The van der Waals surface area contributed by atoms with Crippen molar-refractivity contribution in [3.63, 3.8) is 0 Å². The second-order valence-corrected chi connectivity index (χ2v) is 5.61. The molecule has 0 heterocycles. The molecule has 0 aromatic rings. The van der Waals surface area contributed by atoms with E-state index in [4.69, 9.17) is 10.6 Å². The Labute approximate surface area is 106 Å². The van der Waals surface area contributed by atoms with Gasteiger partial charge in [0.1, 0.15) is 0 Å². The van der Waals surface area contributed by atoms with Crippen molar-refractivity contribution in [1.82, 2.24) is 10.3 Å². The van der Waals surface area contributed by atoms with Crippen molar-refractivity contribution in [3.8, 4) is 0 Å². The van der Waals surface area contributed by atoms with Gasteiger partial charge in [0.15, 0.2) is 0 Å². The van der Waals surface area contributed by atoms with Gasteiger partial charge in [0.05, 0.1) is 0 Å². The minimum Gasteiger partial charge on any atom is -0.385 e. The molecule has 0 amide bonds. The van der Waals surface area contributed by atoms with Crippen LogP contribution in [0.4, 0.5) is 0 Å². The van der Waals surface area contributed by atoms with Gasteiger partial charge in [-0.15, -0.1) is 0 Å². The molecule has 1 aliphatic carbocycles. The summed E-state index contributed by atoms with van der Waals surface area (Å²) in [6, 6.07) is 0.343. The number of nitrogens with one attached hydrogen (secondary N) is 1. The molecule has 1 rings (SSSR count). The first-order valence-corrected chi connectivity index (χ1v) is 6.71. The highest BCUT2D eigenvalue weighted by Gasteiger charge is 2.44. The Morgan fingerprint density at radius 3 is 2.35 bits per heavy atom. The van der Waals surface area contributed by atoms with Crippen LogP contribution in [0.3, 0.4) is 0 Å². The lowest BCUT2D eigenvalue weighted by molar-refractivity contribution is 0.0654. The topological polar surface area (TPSA) is 50.5 Å². The van der Waals surface area contributed by atoms with Crippen LogP contribution in [0.2, 0.25) is 0 Å². The maximum absolute atomic E-state index is 5.83. The van der Waals surface area contributed by atoms with E-state index in [1.54, 1.807) is 7.11 Å². The van der Waals surface area contributed by atoms with Gasteiger partial charge in [-0.2, -0.15) is 0 Å². The minimum atomic E-state index is 0.224. The summed E-state index contributed by atoms with van der Waals surface area (Å²) in [5.41, 5.74) is 3.30. The summed E-state index contributed by atoms with van der Waals surface area (Å²) in [6.45, 7) is 3.08.